The van der Waals surface area contributed by atoms with Crippen molar-refractivity contribution >= 4 is 17.5 Å². The molecular formula is C15H20ClFN2O2. The first kappa shape index (κ1) is 16.2. The molecular weight excluding hydrogens is 295 g/mol. The normalized spacial score (nSPS) is 17.4. The van der Waals surface area contributed by atoms with Crippen molar-refractivity contribution in [3.05, 3.63) is 34.6 Å². The molecule has 1 aromatic rings. The summed E-state index contributed by atoms with van der Waals surface area (Å²) in [7, 11) is 1.72. The average Bonchev–Trinajstić information content (AvgIpc) is 2.43. The van der Waals surface area contributed by atoms with Gasteiger partial charge in [-0.25, -0.2) is 4.39 Å². The van der Waals surface area contributed by atoms with Crippen LogP contribution in [0.2, 0.25) is 5.02 Å². The van der Waals surface area contributed by atoms with Gasteiger partial charge in [0.15, 0.2) is 0 Å². The second-order valence-corrected chi connectivity index (χ2v) is 5.89. The number of nitrogens with zero attached hydrogens (tertiary/aromatic N) is 2. The topological polar surface area (TPSA) is 43.8 Å². The number of carbonyl (C=O) groups is 1. The van der Waals surface area contributed by atoms with E-state index >= 15 is 0 Å². The van der Waals surface area contributed by atoms with Gasteiger partial charge in [0, 0.05) is 38.3 Å². The molecule has 1 unspecified atom stereocenters. The van der Waals surface area contributed by atoms with Crippen LogP contribution in [0.25, 0.3) is 0 Å². The van der Waals surface area contributed by atoms with Crippen LogP contribution < -0.4 is 0 Å². The third kappa shape index (κ3) is 3.73. The lowest BCUT2D eigenvalue weighted by atomic mass is 10.1. The molecule has 1 N–H and O–H groups in total. The molecule has 1 fully saturated rings. The van der Waals surface area contributed by atoms with Crippen LogP contribution in [0.1, 0.15) is 23.7 Å². The van der Waals surface area contributed by atoms with Crippen LogP contribution in [0.5, 0.6) is 0 Å². The highest BCUT2D eigenvalue weighted by atomic mass is 35.5. The Balaban J connectivity index is 2.03. The minimum Gasteiger partial charge on any atom is -0.390 e. The molecule has 1 aliphatic heterocycles. The summed E-state index contributed by atoms with van der Waals surface area (Å²) in [4.78, 5) is 16.1. The Hall–Kier alpha value is -1.17. The number of β-amino-alcohol motifs (C(OH)–C–C–N with tert-alkyl or cyclic N) is 1. The molecule has 1 heterocycles. The molecule has 1 amide bonds. The first-order valence-corrected chi connectivity index (χ1v) is 7.42. The second-order valence-electron chi connectivity index (χ2n) is 5.48. The highest BCUT2D eigenvalue weighted by Crippen LogP contribution is 2.18. The maximum Gasteiger partial charge on any atom is 0.253 e. The van der Waals surface area contributed by atoms with Crippen LogP contribution in [-0.4, -0.2) is 59.6 Å². The first-order chi connectivity index (χ1) is 9.92. The van der Waals surface area contributed by atoms with Gasteiger partial charge in [-0.15, -0.1) is 0 Å². The summed E-state index contributed by atoms with van der Waals surface area (Å²) >= 11 is 5.63. The van der Waals surface area contributed by atoms with E-state index in [0.29, 0.717) is 25.2 Å². The fraction of sp³-hybridized carbons (Fsp3) is 0.533. The summed E-state index contributed by atoms with van der Waals surface area (Å²) in [6.45, 7) is 4.02. The Labute approximate surface area is 129 Å². The van der Waals surface area contributed by atoms with Crippen molar-refractivity contribution in [2.45, 2.75) is 25.5 Å². The van der Waals surface area contributed by atoms with Crippen molar-refractivity contribution < 1.29 is 14.3 Å². The molecule has 2 rings (SSSR count). The van der Waals surface area contributed by atoms with Crippen molar-refractivity contribution in [1.82, 2.24) is 9.80 Å². The van der Waals surface area contributed by atoms with E-state index in [1.807, 2.05) is 6.92 Å². The van der Waals surface area contributed by atoms with E-state index in [9.17, 15) is 14.3 Å². The summed E-state index contributed by atoms with van der Waals surface area (Å²) in [6, 6.07) is 4.12. The van der Waals surface area contributed by atoms with Crippen LogP contribution >= 0.6 is 11.6 Å². The number of carbonyl (C=O) groups excluding carboxylic acids is 1. The fourth-order valence-corrected chi connectivity index (χ4v) is 2.63. The molecule has 1 aliphatic rings. The zero-order valence-electron chi connectivity index (χ0n) is 12.2. The highest BCUT2D eigenvalue weighted by molar-refractivity contribution is 6.30. The Kier molecular flexibility index (Phi) is 5.19. The van der Waals surface area contributed by atoms with Gasteiger partial charge in [-0.2, -0.15) is 0 Å². The van der Waals surface area contributed by atoms with Gasteiger partial charge in [0.05, 0.1) is 11.1 Å². The number of benzene rings is 1. The Morgan fingerprint density at radius 1 is 1.57 bits per heavy atom. The monoisotopic (exact) mass is 314 g/mol. The van der Waals surface area contributed by atoms with Crippen LogP contribution in [-0.2, 0) is 0 Å². The molecule has 0 radical (unpaired) electrons. The second kappa shape index (κ2) is 6.73. The number of aliphatic hydroxyl groups excluding tert-OH is 1. The molecule has 1 saturated heterocycles. The summed E-state index contributed by atoms with van der Waals surface area (Å²) < 4.78 is 13.5. The zero-order chi connectivity index (χ0) is 15.6. The average molecular weight is 315 g/mol. The Morgan fingerprint density at radius 2 is 2.24 bits per heavy atom. The quantitative estimate of drug-likeness (QED) is 0.904. The predicted molar refractivity (Wildman–Crippen MR) is 80.0 cm³/mol. The number of hydrogen-bond donors (Lipinski definition) is 1. The Bertz CT molecular complexity index is 520. The molecule has 0 saturated carbocycles. The van der Waals surface area contributed by atoms with Gasteiger partial charge in [-0.3, -0.25) is 9.69 Å². The Morgan fingerprint density at radius 3 is 2.76 bits per heavy atom. The summed E-state index contributed by atoms with van der Waals surface area (Å²) in [5.74, 6) is -0.812. The SMILES string of the molecule is CCC(CN1CC(O)C1)N(C)C(=O)c1ccc(Cl)c(F)c1. The van der Waals surface area contributed by atoms with E-state index in [1.54, 1.807) is 11.9 Å². The van der Waals surface area contributed by atoms with E-state index < -0.39 is 5.82 Å². The van der Waals surface area contributed by atoms with E-state index in [2.05, 4.69) is 4.90 Å². The van der Waals surface area contributed by atoms with Gasteiger partial charge in [0.25, 0.3) is 5.91 Å². The van der Waals surface area contributed by atoms with Gasteiger partial charge in [-0.1, -0.05) is 18.5 Å². The minimum absolute atomic E-state index is 0.0100. The largest absolute Gasteiger partial charge is 0.390 e. The number of likely N-dealkylation sites (tertiary alicyclic amines) is 1. The maximum absolute atomic E-state index is 13.5. The van der Waals surface area contributed by atoms with Gasteiger partial charge < -0.3 is 10.0 Å². The molecule has 116 valence electrons. The van der Waals surface area contributed by atoms with Gasteiger partial charge in [0.1, 0.15) is 5.82 Å². The smallest absolute Gasteiger partial charge is 0.253 e. The lowest BCUT2D eigenvalue weighted by Crippen LogP contribution is -2.55. The van der Waals surface area contributed by atoms with Crippen LogP contribution in [0.3, 0.4) is 0 Å². The minimum atomic E-state index is -0.588. The number of amides is 1. The molecule has 6 heteroatoms. The van der Waals surface area contributed by atoms with E-state index in [0.717, 1.165) is 6.42 Å². The van der Waals surface area contributed by atoms with Crippen molar-refractivity contribution in [1.29, 1.82) is 0 Å². The van der Waals surface area contributed by atoms with E-state index in [-0.39, 0.29) is 23.1 Å². The first-order valence-electron chi connectivity index (χ1n) is 7.05. The van der Waals surface area contributed by atoms with E-state index in [4.69, 9.17) is 11.6 Å². The van der Waals surface area contributed by atoms with Gasteiger partial charge in [-0.05, 0) is 24.6 Å². The molecule has 1 atom stereocenters. The zero-order valence-corrected chi connectivity index (χ0v) is 13.0. The van der Waals surface area contributed by atoms with Gasteiger partial charge >= 0.3 is 0 Å². The van der Waals surface area contributed by atoms with E-state index in [1.165, 1.54) is 18.2 Å². The number of hydrogen-bond acceptors (Lipinski definition) is 3. The summed E-state index contributed by atoms with van der Waals surface area (Å²) in [6.07, 6.45) is 0.541. The summed E-state index contributed by atoms with van der Waals surface area (Å²) in [5, 5.41) is 9.32. The molecule has 1 aromatic carbocycles. The van der Waals surface area contributed by atoms with Crippen LogP contribution in [0.15, 0.2) is 18.2 Å². The molecule has 0 bridgehead atoms. The van der Waals surface area contributed by atoms with Crippen molar-refractivity contribution in [3.8, 4) is 0 Å². The van der Waals surface area contributed by atoms with Crippen molar-refractivity contribution in [2.24, 2.45) is 0 Å². The van der Waals surface area contributed by atoms with Crippen LogP contribution in [0, 0.1) is 5.82 Å². The van der Waals surface area contributed by atoms with Crippen LogP contribution in [0.4, 0.5) is 4.39 Å². The summed E-state index contributed by atoms with van der Waals surface area (Å²) in [5.41, 5.74) is 0.293. The third-order valence-electron chi connectivity index (χ3n) is 3.91. The molecule has 21 heavy (non-hydrogen) atoms. The lowest BCUT2D eigenvalue weighted by Gasteiger charge is -2.40. The third-order valence-corrected chi connectivity index (χ3v) is 4.22. The molecule has 0 aliphatic carbocycles. The number of likely N-dealkylation sites (N-methyl/N-ethyl adjacent to an activating group) is 1. The number of halogens is 2. The number of aliphatic hydroxyl groups is 1. The molecule has 0 spiro atoms. The standard InChI is InChI=1S/C15H20ClFN2O2/c1-3-11(7-19-8-12(20)9-19)18(2)15(21)10-4-5-13(16)14(17)6-10/h4-6,11-12,20H,3,7-9H2,1-2H3. The van der Waals surface area contributed by atoms with Gasteiger partial charge in [0.2, 0.25) is 0 Å². The predicted octanol–water partition coefficient (Wildman–Crippen LogP) is 2.01. The molecule has 0 aromatic heterocycles. The van der Waals surface area contributed by atoms with Crippen molar-refractivity contribution in [3.63, 3.8) is 0 Å². The molecule has 4 nitrogen and oxygen atoms in total. The fourth-order valence-electron chi connectivity index (χ4n) is 2.51. The maximum atomic E-state index is 13.5. The highest BCUT2D eigenvalue weighted by Gasteiger charge is 2.29. The van der Waals surface area contributed by atoms with Crippen molar-refractivity contribution in [2.75, 3.05) is 26.7 Å². The lowest BCUT2D eigenvalue weighted by molar-refractivity contribution is -0.0108. The number of rotatable bonds is 5.